The van der Waals surface area contributed by atoms with E-state index < -0.39 is 0 Å². The van der Waals surface area contributed by atoms with Gasteiger partial charge in [-0.05, 0) is 25.7 Å². The maximum absolute atomic E-state index is 5.91. The van der Waals surface area contributed by atoms with E-state index in [1.54, 1.807) is 4.68 Å². The summed E-state index contributed by atoms with van der Waals surface area (Å²) in [4.78, 5) is 0. The Morgan fingerprint density at radius 2 is 1.92 bits per heavy atom. The molecule has 1 aromatic heterocycles. The summed E-state index contributed by atoms with van der Waals surface area (Å²) < 4.78 is 1.77. The summed E-state index contributed by atoms with van der Waals surface area (Å²) in [7, 11) is 0. The van der Waals surface area contributed by atoms with Crippen molar-refractivity contribution in [2.45, 2.75) is 37.5 Å². The molecule has 0 spiro atoms. The molecule has 2 aliphatic rings. The van der Waals surface area contributed by atoms with Crippen LogP contribution in [0.4, 0.5) is 0 Å². The van der Waals surface area contributed by atoms with Crippen LogP contribution in [0.1, 0.15) is 49.2 Å². The molecule has 2 saturated carbocycles. The summed E-state index contributed by atoms with van der Waals surface area (Å²) >= 11 is 0. The maximum Gasteiger partial charge on any atom is 0.301 e. The summed E-state index contributed by atoms with van der Waals surface area (Å²) in [6, 6.07) is 0. The quantitative estimate of drug-likeness (QED) is 0.484. The third kappa shape index (κ3) is 0.838. The second kappa shape index (κ2) is 2.00. The van der Waals surface area contributed by atoms with Crippen LogP contribution in [-0.2, 0) is 0 Å². The van der Waals surface area contributed by atoms with E-state index in [9.17, 15) is 0 Å². The van der Waals surface area contributed by atoms with E-state index in [0.717, 1.165) is 11.6 Å². The van der Waals surface area contributed by atoms with E-state index in [1.807, 2.05) is 0 Å². The van der Waals surface area contributed by atoms with Crippen molar-refractivity contribution in [3.8, 4) is 0 Å². The van der Waals surface area contributed by atoms with Gasteiger partial charge in [0.25, 0.3) is 5.82 Å². The molecule has 0 saturated heterocycles. The lowest BCUT2D eigenvalue weighted by Crippen LogP contribution is -2.49. The highest BCUT2D eigenvalue weighted by Crippen LogP contribution is 2.40. The second-order valence-electron chi connectivity index (χ2n) is 3.89. The van der Waals surface area contributed by atoms with Crippen molar-refractivity contribution in [1.29, 1.82) is 0 Å². The number of hydrogen-bond donors (Lipinski definition) is 2. The Balaban J connectivity index is 1.98. The van der Waals surface area contributed by atoms with Crippen LogP contribution < -0.4 is 10.5 Å². The van der Waals surface area contributed by atoms with Crippen LogP contribution in [0.3, 0.4) is 0 Å². The fraction of sp³-hybridized carbons (Fsp3) is 0.750. The SMILES string of the molecule is N[n+]1c(C2CC2)n[nH]c1C1CC1. The Morgan fingerprint density at radius 3 is 2.50 bits per heavy atom. The molecule has 64 valence electrons. The Labute approximate surface area is 70.7 Å². The minimum absolute atomic E-state index is 0.638. The van der Waals surface area contributed by atoms with Gasteiger partial charge in [-0.15, -0.1) is 9.77 Å². The van der Waals surface area contributed by atoms with Gasteiger partial charge in [-0.25, -0.2) is 0 Å². The van der Waals surface area contributed by atoms with Crippen LogP contribution in [0.25, 0.3) is 0 Å². The lowest BCUT2D eigenvalue weighted by Gasteiger charge is -1.91. The van der Waals surface area contributed by atoms with Crippen molar-refractivity contribution in [3.63, 3.8) is 0 Å². The zero-order valence-electron chi connectivity index (χ0n) is 6.95. The van der Waals surface area contributed by atoms with E-state index in [-0.39, 0.29) is 0 Å². The number of hydrogen-bond acceptors (Lipinski definition) is 2. The zero-order valence-corrected chi connectivity index (χ0v) is 6.95. The van der Waals surface area contributed by atoms with Gasteiger partial charge in [-0.2, -0.15) is 0 Å². The van der Waals surface area contributed by atoms with Crippen LogP contribution in [-0.4, -0.2) is 10.2 Å². The molecule has 1 heterocycles. The molecular weight excluding hydrogens is 152 g/mol. The molecule has 0 amide bonds. The van der Waals surface area contributed by atoms with Gasteiger partial charge in [0, 0.05) is 5.10 Å². The first-order chi connectivity index (χ1) is 5.86. The molecular formula is C8H13N4+. The molecule has 3 rings (SSSR count). The maximum atomic E-state index is 5.91. The predicted molar refractivity (Wildman–Crippen MR) is 42.9 cm³/mol. The van der Waals surface area contributed by atoms with Crippen molar-refractivity contribution in [1.82, 2.24) is 10.2 Å². The number of rotatable bonds is 2. The predicted octanol–water partition coefficient (Wildman–Crippen LogP) is 0.166. The van der Waals surface area contributed by atoms with Gasteiger partial charge in [-0.3, -0.25) is 5.84 Å². The Morgan fingerprint density at radius 1 is 1.25 bits per heavy atom. The third-order valence-corrected chi connectivity index (χ3v) is 2.70. The molecule has 0 aliphatic heterocycles. The van der Waals surface area contributed by atoms with Gasteiger partial charge in [0.2, 0.25) is 0 Å². The Hall–Kier alpha value is -1.06. The Bertz CT molecular complexity index is 279. The number of aromatic amines is 1. The molecule has 0 radical (unpaired) electrons. The van der Waals surface area contributed by atoms with Crippen molar-refractivity contribution in [2.75, 3.05) is 5.84 Å². The van der Waals surface area contributed by atoms with Crippen LogP contribution >= 0.6 is 0 Å². The fourth-order valence-corrected chi connectivity index (χ4v) is 1.62. The highest BCUT2D eigenvalue weighted by molar-refractivity contribution is 5.03. The van der Waals surface area contributed by atoms with Gasteiger partial charge >= 0.3 is 5.82 Å². The van der Waals surface area contributed by atoms with E-state index >= 15 is 0 Å². The monoisotopic (exact) mass is 165 g/mol. The third-order valence-electron chi connectivity index (χ3n) is 2.70. The molecule has 0 unspecified atom stereocenters. The number of H-pyrrole nitrogens is 1. The number of nitrogens with zero attached hydrogens (tertiary/aromatic N) is 2. The summed E-state index contributed by atoms with van der Waals surface area (Å²) in [6.07, 6.45) is 5.05. The first kappa shape index (κ1) is 6.46. The normalized spacial score (nSPS) is 23.0. The molecule has 4 heteroatoms. The van der Waals surface area contributed by atoms with Crippen molar-refractivity contribution in [3.05, 3.63) is 11.6 Å². The fourth-order valence-electron chi connectivity index (χ4n) is 1.62. The smallest absolute Gasteiger partial charge is 0.289 e. The van der Waals surface area contributed by atoms with E-state index in [0.29, 0.717) is 11.8 Å². The largest absolute Gasteiger partial charge is 0.301 e. The molecule has 3 N–H and O–H groups in total. The van der Waals surface area contributed by atoms with Gasteiger partial charge in [-0.1, -0.05) is 0 Å². The summed E-state index contributed by atoms with van der Waals surface area (Å²) in [5.74, 6) is 9.38. The lowest BCUT2D eigenvalue weighted by atomic mass is 10.4. The van der Waals surface area contributed by atoms with Crippen molar-refractivity contribution >= 4 is 0 Å². The second-order valence-corrected chi connectivity index (χ2v) is 3.89. The highest BCUT2D eigenvalue weighted by atomic mass is 15.4. The minimum atomic E-state index is 0.638. The molecule has 12 heavy (non-hydrogen) atoms. The van der Waals surface area contributed by atoms with Crippen molar-refractivity contribution < 1.29 is 4.68 Å². The standard InChI is InChI=1S/C8H12N4/c9-12-7(5-1-2-5)10-11-8(12)6-3-4-6/h5-6H,1-4,9H2/p+1. The molecule has 0 bridgehead atoms. The lowest BCUT2D eigenvalue weighted by molar-refractivity contribution is -0.655. The molecule has 0 aromatic carbocycles. The summed E-state index contributed by atoms with van der Waals surface area (Å²) in [6.45, 7) is 0. The van der Waals surface area contributed by atoms with Gasteiger partial charge < -0.3 is 0 Å². The van der Waals surface area contributed by atoms with Gasteiger partial charge in [0.1, 0.15) is 0 Å². The molecule has 2 fully saturated rings. The molecule has 2 aliphatic carbocycles. The summed E-state index contributed by atoms with van der Waals surface area (Å²) in [5, 5.41) is 7.30. The highest BCUT2D eigenvalue weighted by Gasteiger charge is 2.39. The first-order valence-corrected chi connectivity index (χ1v) is 4.61. The average molecular weight is 165 g/mol. The number of aromatic nitrogens is 3. The van der Waals surface area contributed by atoms with Gasteiger partial charge in [0.05, 0.1) is 11.8 Å². The van der Waals surface area contributed by atoms with E-state index in [2.05, 4.69) is 10.2 Å². The van der Waals surface area contributed by atoms with Gasteiger partial charge in [0.15, 0.2) is 0 Å². The number of nitrogens with one attached hydrogen (secondary N) is 1. The summed E-state index contributed by atoms with van der Waals surface area (Å²) in [5.41, 5.74) is 0. The average Bonchev–Trinajstić information content (AvgIpc) is 2.94. The van der Waals surface area contributed by atoms with Crippen LogP contribution in [0.2, 0.25) is 0 Å². The number of nitrogens with two attached hydrogens (primary N) is 1. The van der Waals surface area contributed by atoms with Crippen LogP contribution in [0, 0.1) is 0 Å². The molecule has 1 aromatic rings. The topological polar surface area (TPSA) is 58.6 Å². The van der Waals surface area contributed by atoms with E-state index in [4.69, 9.17) is 5.84 Å². The molecule has 4 nitrogen and oxygen atoms in total. The Kier molecular flexibility index (Phi) is 1.07. The molecule has 0 atom stereocenters. The first-order valence-electron chi connectivity index (χ1n) is 4.61. The zero-order chi connectivity index (χ0) is 8.13. The van der Waals surface area contributed by atoms with Crippen LogP contribution in [0.5, 0.6) is 0 Å². The van der Waals surface area contributed by atoms with E-state index in [1.165, 1.54) is 25.7 Å². The van der Waals surface area contributed by atoms with Crippen LogP contribution in [0.15, 0.2) is 0 Å². The number of nitrogen functional groups attached to an aromatic ring is 1. The van der Waals surface area contributed by atoms with Crippen molar-refractivity contribution in [2.24, 2.45) is 0 Å². The minimum Gasteiger partial charge on any atom is -0.289 e.